The lowest BCUT2D eigenvalue weighted by atomic mass is 10.1. The largest absolute Gasteiger partial charge is 0.341 e. The van der Waals surface area contributed by atoms with E-state index in [1.807, 2.05) is 12.1 Å². The van der Waals surface area contributed by atoms with E-state index < -0.39 is 18.0 Å². The van der Waals surface area contributed by atoms with Gasteiger partial charge in [0.25, 0.3) is 0 Å². The van der Waals surface area contributed by atoms with Crippen molar-refractivity contribution < 1.29 is 14.4 Å². The number of anilines is 1. The van der Waals surface area contributed by atoms with Crippen LogP contribution in [0.25, 0.3) is 0 Å². The highest BCUT2D eigenvalue weighted by Crippen LogP contribution is 2.09. The van der Waals surface area contributed by atoms with E-state index in [0.717, 1.165) is 0 Å². The number of carbonyl (C=O) groups excluding carboxylic acids is 3. The van der Waals surface area contributed by atoms with Gasteiger partial charge in [-0.1, -0.05) is 48.5 Å². The highest BCUT2D eigenvalue weighted by Gasteiger charge is 2.13. The zero-order valence-electron chi connectivity index (χ0n) is 12.4. The van der Waals surface area contributed by atoms with Gasteiger partial charge in [0.15, 0.2) is 0 Å². The fourth-order valence-corrected chi connectivity index (χ4v) is 1.94. The normalized spacial score (nSPS) is 11.1. The Morgan fingerprint density at radius 2 is 1.57 bits per heavy atom. The van der Waals surface area contributed by atoms with Crippen LogP contribution in [0, 0.1) is 0 Å². The zero-order chi connectivity index (χ0) is 16.5. The van der Waals surface area contributed by atoms with E-state index in [1.165, 1.54) is 0 Å². The van der Waals surface area contributed by atoms with Gasteiger partial charge in [0.2, 0.25) is 5.91 Å². The molecule has 0 heterocycles. The van der Waals surface area contributed by atoms with Crippen LogP contribution in [0.3, 0.4) is 0 Å². The predicted octanol–water partition coefficient (Wildman–Crippen LogP) is 1.86. The number of aldehydes is 1. The molecule has 0 spiro atoms. The third kappa shape index (κ3) is 5.28. The molecule has 0 fully saturated rings. The van der Waals surface area contributed by atoms with E-state index in [9.17, 15) is 14.4 Å². The molecule has 0 aromatic heterocycles. The molecule has 23 heavy (non-hydrogen) atoms. The lowest BCUT2D eigenvalue weighted by Gasteiger charge is -2.13. The molecule has 0 saturated carbocycles. The molecule has 0 aliphatic heterocycles. The Hall–Kier alpha value is -3.15. The Kier molecular flexibility index (Phi) is 5.88. The molecule has 118 valence electrons. The van der Waals surface area contributed by atoms with Crippen LogP contribution < -0.4 is 16.0 Å². The van der Waals surface area contributed by atoms with Gasteiger partial charge in [-0.3, -0.25) is 4.79 Å². The van der Waals surface area contributed by atoms with Crippen molar-refractivity contribution in [1.29, 1.82) is 0 Å². The van der Waals surface area contributed by atoms with Crippen LogP contribution in [0.2, 0.25) is 0 Å². The Balaban J connectivity index is 1.80. The first-order valence-electron chi connectivity index (χ1n) is 7.08. The van der Waals surface area contributed by atoms with Crippen LogP contribution in [-0.4, -0.2) is 24.8 Å². The summed E-state index contributed by atoms with van der Waals surface area (Å²) < 4.78 is 0. The van der Waals surface area contributed by atoms with Crippen molar-refractivity contribution in [2.45, 2.75) is 6.04 Å². The Labute approximate surface area is 133 Å². The molecule has 0 bridgehead atoms. The summed E-state index contributed by atoms with van der Waals surface area (Å²) in [6.07, 6.45) is 0.650. The number of urea groups is 1. The van der Waals surface area contributed by atoms with Crippen molar-refractivity contribution in [2.24, 2.45) is 0 Å². The molecular weight excluding hydrogens is 294 g/mol. The van der Waals surface area contributed by atoms with Crippen molar-refractivity contribution in [3.63, 3.8) is 0 Å². The highest BCUT2D eigenvalue weighted by atomic mass is 16.2. The molecule has 3 N–H and O–H groups in total. The van der Waals surface area contributed by atoms with Gasteiger partial charge in [-0.15, -0.1) is 0 Å². The Morgan fingerprint density at radius 1 is 0.957 bits per heavy atom. The minimum Gasteiger partial charge on any atom is -0.341 e. The summed E-state index contributed by atoms with van der Waals surface area (Å²) in [5.41, 5.74) is 1.31. The van der Waals surface area contributed by atoms with Crippen LogP contribution in [0.5, 0.6) is 0 Å². The molecule has 6 heteroatoms. The molecule has 0 radical (unpaired) electrons. The van der Waals surface area contributed by atoms with Gasteiger partial charge in [-0.2, -0.15) is 0 Å². The minimum absolute atomic E-state index is 0.226. The van der Waals surface area contributed by atoms with Gasteiger partial charge >= 0.3 is 6.03 Å². The average Bonchev–Trinajstić information content (AvgIpc) is 2.59. The smallest absolute Gasteiger partial charge is 0.319 e. The number of hydrogen-bond acceptors (Lipinski definition) is 3. The predicted molar refractivity (Wildman–Crippen MR) is 86.9 cm³/mol. The SMILES string of the molecule is O=CC(NC(=O)CNC(=O)Nc1ccccc1)c1ccccc1. The molecule has 2 aromatic rings. The summed E-state index contributed by atoms with van der Waals surface area (Å²) in [5.74, 6) is -0.450. The van der Waals surface area contributed by atoms with Gasteiger partial charge in [0.1, 0.15) is 12.3 Å². The Morgan fingerprint density at radius 3 is 2.17 bits per heavy atom. The van der Waals surface area contributed by atoms with E-state index in [4.69, 9.17) is 0 Å². The number of nitrogens with one attached hydrogen (secondary N) is 3. The minimum atomic E-state index is -0.734. The van der Waals surface area contributed by atoms with E-state index in [0.29, 0.717) is 17.5 Å². The van der Waals surface area contributed by atoms with Gasteiger partial charge < -0.3 is 20.7 Å². The molecule has 0 aliphatic rings. The topological polar surface area (TPSA) is 87.3 Å². The summed E-state index contributed by atoms with van der Waals surface area (Å²) in [6, 6.07) is 16.5. The second-order valence-corrected chi connectivity index (χ2v) is 4.77. The first-order valence-corrected chi connectivity index (χ1v) is 7.08. The van der Waals surface area contributed by atoms with Crippen LogP contribution in [0.15, 0.2) is 60.7 Å². The molecule has 2 aromatic carbocycles. The zero-order valence-corrected chi connectivity index (χ0v) is 12.4. The fraction of sp³-hybridized carbons (Fsp3) is 0.118. The van der Waals surface area contributed by atoms with Crippen molar-refractivity contribution in [2.75, 3.05) is 11.9 Å². The lowest BCUT2D eigenvalue weighted by Crippen LogP contribution is -2.40. The third-order valence-corrected chi connectivity index (χ3v) is 3.05. The molecular formula is C17H17N3O3. The average molecular weight is 311 g/mol. The maximum Gasteiger partial charge on any atom is 0.319 e. The maximum absolute atomic E-state index is 11.8. The molecule has 2 rings (SSSR count). The van der Waals surface area contributed by atoms with E-state index >= 15 is 0 Å². The number of para-hydroxylation sites is 1. The number of hydrogen-bond donors (Lipinski definition) is 3. The number of carbonyl (C=O) groups is 3. The number of benzene rings is 2. The van der Waals surface area contributed by atoms with Crippen molar-refractivity contribution in [3.05, 3.63) is 66.2 Å². The molecule has 6 nitrogen and oxygen atoms in total. The third-order valence-electron chi connectivity index (χ3n) is 3.05. The molecule has 1 unspecified atom stereocenters. The first-order chi connectivity index (χ1) is 11.2. The van der Waals surface area contributed by atoms with Gasteiger partial charge in [-0.05, 0) is 17.7 Å². The first kappa shape index (κ1) is 16.2. The molecule has 0 aliphatic carbocycles. The van der Waals surface area contributed by atoms with Gasteiger partial charge in [0.05, 0.1) is 6.54 Å². The second-order valence-electron chi connectivity index (χ2n) is 4.77. The van der Waals surface area contributed by atoms with Gasteiger partial charge in [-0.25, -0.2) is 4.79 Å². The van der Waals surface area contributed by atoms with Crippen molar-refractivity contribution in [1.82, 2.24) is 10.6 Å². The summed E-state index contributed by atoms with van der Waals surface area (Å²) in [4.78, 5) is 34.6. The Bertz CT molecular complexity index is 659. The van der Waals surface area contributed by atoms with E-state index in [2.05, 4.69) is 16.0 Å². The van der Waals surface area contributed by atoms with Crippen LogP contribution in [0.4, 0.5) is 10.5 Å². The maximum atomic E-state index is 11.8. The summed E-state index contributed by atoms with van der Waals surface area (Å²) in [6.45, 7) is -0.226. The van der Waals surface area contributed by atoms with E-state index in [-0.39, 0.29) is 6.54 Å². The quantitative estimate of drug-likeness (QED) is 0.712. The van der Waals surface area contributed by atoms with Gasteiger partial charge in [0, 0.05) is 5.69 Å². The number of amides is 3. The standard InChI is InChI=1S/C17H17N3O3/c21-12-15(13-7-3-1-4-8-13)20-16(22)11-18-17(23)19-14-9-5-2-6-10-14/h1-10,12,15H,11H2,(H,20,22)(H2,18,19,23). The van der Waals surface area contributed by atoms with Crippen molar-refractivity contribution >= 4 is 23.9 Å². The molecule has 0 saturated heterocycles. The number of rotatable bonds is 6. The second kappa shape index (κ2) is 8.33. The van der Waals surface area contributed by atoms with Crippen LogP contribution >= 0.6 is 0 Å². The lowest BCUT2D eigenvalue weighted by molar-refractivity contribution is -0.123. The van der Waals surface area contributed by atoms with Crippen LogP contribution in [-0.2, 0) is 9.59 Å². The monoisotopic (exact) mass is 311 g/mol. The summed E-state index contributed by atoms with van der Waals surface area (Å²) >= 11 is 0. The molecule has 3 amide bonds. The fourth-order valence-electron chi connectivity index (χ4n) is 1.94. The summed E-state index contributed by atoms with van der Waals surface area (Å²) in [5, 5.41) is 7.58. The molecule has 1 atom stereocenters. The van der Waals surface area contributed by atoms with Crippen molar-refractivity contribution in [3.8, 4) is 0 Å². The van der Waals surface area contributed by atoms with E-state index in [1.54, 1.807) is 48.5 Å². The van der Waals surface area contributed by atoms with Crippen LogP contribution in [0.1, 0.15) is 11.6 Å². The highest BCUT2D eigenvalue weighted by molar-refractivity contribution is 5.92. The summed E-state index contributed by atoms with van der Waals surface area (Å²) in [7, 11) is 0.